The normalized spacial score (nSPS) is 14.1. The van der Waals surface area contributed by atoms with Crippen molar-refractivity contribution < 1.29 is 40.3 Å². The summed E-state index contributed by atoms with van der Waals surface area (Å²) < 4.78 is 1.61. The number of aliphatic carboxylic acids is 1. The summed E-state index contributed by atoms with van der Waals surface area (Å²) >= 11 is 0. The molecule has 2 heterocycles. The Balaban J connectivity index is 0.00000274. The van der Waals surface area contributed by atoms with Crippen molar-refractivity contribution in [3.63, 3.8) is 0 Å². The van der Waals surface area contributed by atoms with Crippen molar-refractivity contribution >= 4 is 46.4 Å². The Hall–Kier alpha value is -3.63. The van der Waals surface area contributed by atoms with E-state index >= 15 is 0 Å². The minimum atomic E-state index is -1.11. The second-order valence-electron chi connectivity index (χ2n) is 8.17. The van der Waals surface area contributed by atoms with Gasteiger partial charge in [0.1, 0.15) is 5.69 Å². The Kier molecular flexibility index (Phi) is 6.45. The van der Waals surface area contributed by atoms with Crippen LogP contribution >= 0.6 is 0 Å². The second kappa shape index (κ2) is 9.32. The van der Waals surface area contributed by atoms with Gasteiger partial charge in [0.2, 0.25) is 0 Å². The summed E-state index contributed by atoms with van der Waals surface area (Å²) in [4.78, 5) is 31.1. The Labute approximate surface area is 211 Å². The number of hydrogen-bond donors (Lipinski definition) is 1. The molecule has 7 heteroatoms. The molecule has 0 atom stereocenters. The van der Waals surface area contributed by atoms with Crippen LogP contribution in [0.4, 0.5) is 17.1 Å². The minimum Gasteiger partial charge on any atom is -0.478 e. The van der Waals surface area contributed by atoms with Gasteiger partial charge in [-0.2, -0.15) is 22.8 Å². The fraction of sp³-hybridized carbons (Fsp3) is 0.111. The van der Waals surface area contributed by atoms with Crippen LogP contribution in [0, 0.1) is 6.07 Å². The molecule has 1 amide bonds. The zero-order valence-corrected chi connectivity index (χ0v) is 21.6. The van der Waals surface area contributed by atoms with E-state index in [9.17, 15) is 14.7 Å². The van der Waals surface area contributed by atoms with Gasteiger partial charge < -0.3 is 10.0 Å². The summed E-state index contributed by atoms with van der Waals surface area (Å²) in [7, 11) is 4.01. The quantitative estimate of drug-likeness (QED) is 0.267. The number of nitrogens with zero attached hydrogens (tertiary/aromatic N) is 3. The third kappa shape index (κ3) is 4.17. The van der Waals surface area contributed by atoms with Crippen LogP contribution in [0.15, 0.2) is 71.7 Å². The maximum absolute atomic E-state index is 12.8. The molecule has 0 radical (unpaired) electrons. The van der Waals surface area contributed by atoms with E-state index in [1.54, 1.807) is 16.7 Å². The Morgan fingerprint density at radius 3 is 2.44 bits per heavy atom. The molecule has 0 saturated heterocycles. The summed E-state index contributed by atoms with van der Waals surface area (Å²) in [5.41, 5.74) is 6.66. The van der Waals surface area contributed by atoms with Gasteiger partial charge in [-0.15, -0.1) is 0 Å². The molecular formula is C27H21N3O3W. The number of rotatable bonds is 5. The number of carboxylic acid groups (broad SMARTS) is 1. The van der Waals surface area contributed by atoms with Crippen LogP contribution in [-0.2, 0) is 37.1 Å². The van der Waals surface area contributed by atoms with E-state index in [0.717, 1.165) is 33.8 Å². The number of benzene rings is 3. The van der Waals surface area contributed by atoms with Crippen LogP contribution in [0.25, 0.3) is 5.57 Å². The average Bonchev–Trinajstić information content (AvgIpc) is 3.21. The van der Waals surface area contributed by atoms with Gasteiger partial charge in [-0.1, -0.05) is 17.7 Å². The summed E-state index contributed by atoms with van der Waals surface area (Å²) in [5.74, 6) is -1.46. The molecule has 5 rings (SSSR count). The molecule has 0 unspecified atom stereocenters. The number of carboxylic acids is 1. The molecule has 0 bridgehead atoms. The van der Waals surface area contributed by atoms with Crippen molar-refractivity contribution in [2.75, 3.05) is 19.0 Å². The van der Waals surface area contributed by atoms with Crippen molar-refractivity contribution in [1.29, 1.82) is 0 Å². The van der Waals surface area contributed by atoms with Crippen molar-refractivity contribution in [1.82, 2.24) is 0 Å². The predicted octanol–water partition coefficient (Wildman–Crippen LogP) is 4.00. The van der Waals surface area contributed by atoms with Crippen molar-refractivity contribution in [2.24, 2.45) is 4.99 Å². The van der Waals surface area contributed by atoms with Crippen molar-refractivity contribution in [2.45, 2.75) is 6.42 Å². The van der Waals surface area contributed by atoms with E-state index < -0.39 is 5.97 Å². The summed E-state index contributed by atoms with van der Waals surface area (Å²) in [6.45, 7) is 0. The largest absolute Gasteiger partial charge is 0.478 e. The predicted molar refractivity (Wildman–Crippen MR) is 128 cm³/mol. The van der Waals surface area contributed by atoms with Gasteiger partial charge in [-0.05, 0) is 47.5 Å². The van der Waals surface area contributed by atoms with Gasteiger partial charge >= 0.3 is 11.9 Å². The number of aliphatic imine (C=N–C) groups is 1. The van der Waals surface area contributed by atoms with Gasteiger partial charge in [0.15, 0.2) is 5.71 Å². The monoisotopic (exact) mass is 619 g/mol. The molecule has 1 N–H and O–H groups in total. The van der Waals surface area contributed by atoms with E-state index in [0.29, 0.717) is 17.7 Å². The molecule has 3 aromatic carbocycles. The van der Waals surface area contributed by atoms with Crippen molar-refractivity contribution in [3.8, 4) is 0 Å². The first-order valence-corrected chi connectivity index (χ1v) is 10.5. The molecular weight excluding hydrogens is 598 g/mol. The third-order valence-electron chi connectivity index (χ3n) is 5.87. The van der Waals surface area contributed by atoms with Crippen LogP contribution in [0.3, 0.4) is 0 Å². The first-order valence-electron chi connectivity index (χ1n) is 10.5. The van der Waals surface area contributed by atoms with Crippen LogP contribution in [0.2, 0.25) is 0 Å². The zero-order valence-electron chi connectivity index (χ0n) is 18.6. The van der Waals surface area contributed by atoms with E-state index in [1.807, 2.05) is 73.7 Å². The summed E-state index contributed by atoms with van der Waals surface area (Å²) in [5, 5.41) is 9.51. The van der Waals surface area contributed by atoms with Crippen LogP contribution in [0.5, 0.6) is 0 Å². The topological polar surface area (TPSA) is 73.0 Å². The number of carbonyl (C=O) groups excluding carboxylic acids is 1. The maximum Gasteiger partial charge on any atom is 0.407 e. The Bertz CT molecular complexity index is 1390. The fourth-order valence-corrected chi connectivity index (χ4v) is 4.19. The standard InChI is InChI=1S/C27H21N3O3.W/c1-29(2)21-12-6-17(7-13-21)16-28-20-10-8-18(9-11-20)24-14-19-4-3-5-22-23(27(32)33)15-25(31)30(24)26(19)22;/h3,5-13,15-16H,14H2,1-2H3,(H,32,33);. The van der Waals surface area contributed by atoms with Gasteiger partial charge in [-0.25, -0.2) is 9.59 Å². The summed E-state index contributed by atoms with van der Waals surface area (Å²) in [6.07, 6.45) is 3.52. The van der Waals surface area contributed by atoms with Crippen LogP contribution in [0.1, 0.15) is 22.3 Å². The molecule has 0 aliphatic carbocycles. The maximum atomic E-state index is 12.8. The minimum absolute atomic E-state index is 0. The van der Waals surface area contributed by atoms with Gasteiger partial charge in [-0.3, -0.25) is 4.99 Å². The molecule has 6 nitrogen and oxygen atoms in total. The molecule has 168 valence electrons. The molecule has 2 aliphatic heterocycles. The first-order chi connectivity index (χ1) is 15.9. The van der Waals surface area contributed by atoms with Gasteiger partial charge in [0.05, 0.1) is 17.3 Å². The number of anilines is 1. The molecule has 34 heavy (non-hydrogen) atoms. The van der Waals surface area contributed by atoms with Crippen molar-refractivity contribution in [3.05, 3.63) is 95.1 Å². The number of carbonyl (C=O) groups is 2. The molecule has 0 saturated carbocycles. The third-order valence-corrected chi connectivity index (χ3v) is 5.87. The molecule has 0 fully saturated rings. The molecule has 0 aromatic heterocycles. The van der Waals surface area contributed by atoms with Crippen LogP contribution < -0.4 is 4.90 Å². The van der Waals surface area contributed by atoms with E-state index in [4.69, 9.17) is 0 Å². The molecule has 3 aromatic rings. The van der Waals surface area contributed by atoms with E-state index in [2.05, 4.69) is 11.1 Å². The first kappa shape index (κ1) is 23.5. The van der Waals surface area contributed by atoms with E-state index in [-0.39, 0.29) is 32.5 Å². The zero-order chi connectivity index (χ0) is 23.1. The van der Waals surface area contributed by atoms with Crippen LogP contribution in [-0.4, -0.2) is 47.6 Å². The number of hydrogen-bond acceptors (Lipinski definition) is 4. The fourth-order valence-electron chi connectivity index (χ4n) is 4.19. The van der Waals surface area contributed by atoms with E-state index in [1.165, 1.54) is 6.08 Å². The number of amides is 1. The average molecular weight is 619 g/mol. The second-order valence-corrected chi connectivity index (χ2v) is 8.17. The Morgan fingerprint density at radius 2 is 1.79 bits per heavy atom. The smallest absolute Gasteiger partial charge is 0.407 e. The SMILES string of the molecule is CN(C)c1ccc(C=Nc2ccc(C3=[N+]4C(=O)C=C(C(=O)O)c5cc[c-]c(c54)C3)cc2)cc1.[W]. The van der Waals surface area contributed by atoms with Gasteiger partial charge in [0.25, 0.3) is 0 Å². The summed E-state index contributed by atoms with van der Waals surface area (Å²) in [6, 6.07) is 22.4. The molecule has 2 aliphatic rings. The molecule has 0 spiro atoms. The van der Waals surface area contributed by atoms with Gasteiger partial charge in [0, 0.05) is 59.0 Å². The Morgan fingerprint density at radius 1 is 1.09 bits per heavy atom.